The first-order chi connectivity index (χ1) is 22.3. The predicted octanol–water partition coefficient (Wildman–Crippen LogP) is 7.20. The maximum Gasteiger partial charge on any atom is 0.431 e. The van der Waals surface area contributed by atoms with E-state index in [0.717, 1.165) is 37.6 Å². The zero-order chi connectivity index (χ0) is 34.2. The highest BCUT2D eigenvalue weighted by Gasteiger charge is 2.36. The Labute approximate surface area is 261 Å². The standard InChI is InChI=1S/C32H23F6N3O6/c1-15-9-25(44-2)20(34)12-23(15)41-28(32(36,37)38)8-6-17(31(41)43)30(42)40-16-5-7-24(19(33)10-16)47-29-18-11-26(45-3)27(46-4)13-22(18)39-14-21(29)35/h5-14H,1-4H3,(H,40,42). The van der Waals surface area contributed by atoms with Crippen LogP contribution in [0.2, 0.25) is 0 Å². The molecule has 0 unspecified atom stereocenters. The molecule has 0 saturated carbocycles. The lowest BCUT2D eigenvalue weighted by molar-refractivity contribution is -0.142. The largest absolute Gasteiger partial charge is 0.494 e. The molecular weight excluding hydrogens is 636 g/mol. The summed E-state index contributed by atoms with van der Waals surface area (Å²) in [7, 11) is 3.92. The molecule has 0 spiro atoms. The molecule has 0 radical (unpaired) electrons. The molecule has 0 aliphatic carbocycles. The van der Waals surface area contributed by atoms with Gasteiger partial charge in [-0.3, -0.25) is 19.1 Å². The molecule has 244 valence electrons. The Kier molecular flexibility index (Phi) is 8.74. The number of amides is 1. The van der Waals surface area contributed by atoms with Crippen LogP contribution in [0, 0.1) is 24.4 Å². The van der Waals surface area contributed by atoms with Crippen LogP contribution in [0.25, 0.3) is 16.6 Å². The number of anilines is 1. The number of nitrogens with one attached hydrogen (secondary N) is 1. The van der Waals surface area contributed by atoms with Gasteiger partial charge in [0.2, 0.25) is 0 Å². The van der Waals surface area contributed by atoms with Gasteiger partial charge in [-0.15, -0.1) is 0 Å². The van der Waals surface area contributed by atoms with Crippen molar-refractivity contribution in [2.24, 2.45) is 0 Å². The van der Waals surface area contributed by atoms with Crippen molar-refractivity contribution in [2.75, 3.05) is 26.6 Å². The van der Waals surface area contributed by atoms with Gasteiger partial charge in [-0.25, -0.2) is 13.2 Å². The average Bonchev–Trinajstić information content (AvgIpc) is 3.03. The fraction of sp³-hybridized carbons (Fsp3) is 0.156. The van der Waals surface area contributed by atoms with E-state index in [0.29, 0.717) is 23.9 Å². The van der Waals surface area contributed by atoms with Gasteiger partial charge in [0.25, 0.3) is 11.5 Å². The first kappa shape index (κ1) is 32.7. The molecule has 5 aromatic rings. The lowest BCUT2D eigenvalue weighted by Crippen LogP contribution is -2.33. The molecule has 15 heteroatoms. The SMILES string of the molecule is COc1cc(C)c(-n2c(C(F)(F)F)ccc(C(=O)Nc3ccc(Oc4c(F)cnc5cc(OC)c(OC)cc45)c(F)c3)c2=O)cc1F. The van der Waals surface area contributed by atoms with Crippen molar-refractivity contribution < 1.29 is 50.1 Å². The van der Waals surface area contributed by atoms with Gasteiger partial charge in [0.05, 0.1) is 38.7 Å². The van der Waals surface area contributed by atoms with Crippen molar-refractivity contribution >= 4 is 22.5 Å². The number of hydrogen-bond donors (Lipinski definition) is 1. The molecule has 5 rings (SSSR count). The second-order valence-corrected chi connectivity index (χ2v) is 9.90. The second kappa shape index (κ2) is 12.6. The number of hydrogen-bond acceptors (Lipinski definition) is 7. The van der Waals surface area contributed by atoms with E-state index in [9.17, 15) is 31.5 Å². The van der Waals surface area contributed by atoms with E-state index in [2.05, 4.69) is 10.3 Å². The Hall–Kier alpha value is -5.73. The Morgan fingerprint density at radius 3 is 2.11 bits per heavy atom. The molecular formula is C32H23F6N3O6. The molecule has 0 aliphatic rings. The van der Waals surface area contributed by atoms with Crippen LogP contribution in [0.4, 0.5) is 32.0 Å². The first-order valence-electron chi connectivity index (χ1n) is 13.4. The number of fused-ring (bicyclic) bond motifs is 1. The van der Waals surface area contributed by atoms with Crippen molar-refractivity contribution in [2.45, 2.75) is 13.1 Å². The molecule has 0 saturated heterocycles. The van der Waals surface area contributed by atoms with Crippen LogP contribution >= 0.6 is 0 Å². The number of carbonyl (C=O) groups is 1. The van der Waals surface area contributed by atoms with E-state index >= 15 is 4.39 Å². The summed E-state index contributed by atoms with van der Waals surface area (Å²) >= 11 is 0. The fourth-order valence-corrected chi connectivity index (χ4v) is 4.76. The summed E-state index contributed by atoms with van der Waals surface area (Å²) < 4.78 is 107. The lowest BCUT2D eigenvalue weighted by atomic mass is 10.1. The fourth-order valence-electron chi connectivity index (χ4n) is 4.76. The summed E-state index contributed by atoms with van der Waals surface area (Å²) in [6.07, 6.45) is -4.19. The Morgan fingerprint density at radius 1 is 0.809 bits per heavy atom. The third-order valence-corrected chi connectivity index (χ3v) is 7.01. The molecule has 0 fully saturated rings. The third-order valence-electron chi connectivity index (χ3n) is 7.01. The van der Waals surface area contributed by atoms with E-state index in [-0.39, 0.29) is 44.0 Å². The molecule has 1 amide bonds. The topological polar surface area (TPSA) is 101 Å². The molecule has 1 N–H and O–H groups in total. The van der Waals surface area contributed by atoms with E-state index in [4.69, 9.17) is 18.9 Å². The molecule has 3 aromatic carbocycles. The maximum atomic E-state index is 15.2. The minimum atomic E-state index is -5.06. The van der Waals surface area contributed by atoms with Crippen molar-refractivity contribution in [1.29, 1.82) is 0 Å². The zero-order valence-corrected chi connectivity index (χ0v) is 24.9. The van der Waals surface area contributed by atoms with E-state index in [1.165, 1.54) is 33.3 Å². The van der Waals surface area contributed by atoms with Gasteiger partial charge < -0.3 is 24.3 Å². The van der Waals surface area contributed by atoms with Crippen molar-refractivity contribution in [1.82, 2.24) is 9.55 Å². The quantitative estimate of drug-likeness (QED) is 0.176. The van der Waals surface area contributed by atoms with Crippen LogP contribution in [-0.4, -0.2) is 36.8 Å². The average molecular weight is 660 g/mol. The minimum Gasteiger partial charge on any atom is -0.494 e. The van der Waals surface area contributed by atoms with Gasteiger partial charge in [0.15, 0.2) is 46.2 Å². The normalized spacial score (nSPS) is 11.4. The number of rotatable bonds is 8. The summed E-state index contributed by atoms with van der Waals surface area (Å²) in [5, 5.41) is 2.37. The summed E-state index contributed by atoms with van der Waals surface area (Å²) in [6.45, 7) is 1.33. The molecule has 0 atom stereocenters. The van der Waals surface area contributed by atoms with E-state index in [1.807, 2.05) is 0 Å². The van der Waals surface area contributed by atoms with Gasteiger partial charge >= 0.3 is 6.18 Å². The monoisotopic (exact) mass is 659 g/mol. The number of aryl methyl sites for hydroxylation is 1. The van der Waals surface area contributed by atoms with Crippen molar-refractivity contribution in [3.05, 3.63) is 105 Å². The van der Waals surface area contributed by atoms with Gasteiger partial charge in [-0.2, -0.15) is 13.2 Å². The Balaban J connectivity index is 1.48. The molecule has 9 nitrogen and oxygen atoms in total. The highest BCUT2D eigenvalue weighted by molar-refractivity contribution is 6.04. The predicted molar refractivity (Wildman–Crippen MR) is 158 cm³/mol. The van der Waals surface area contributed by atoms with Crippen LogP contribution in [0.3, 0.4) is 0 Å². The smallest absolute Gasteiger partial charge is 0.431 e. The number of carbonyl (C=O) groups excluding carboxylic acids is 1. The molecule has 47 heavy (non-hydrogen) atoms. The molecule has 0 aliphatic heterocycles. The number of nitrogens with zero attached hydrogens (tertiary/aromatic N) is 2. The summed E-state index contributed by atoms with van der Waals surface area (Å²) in [5.74, 6) is -4.80. The molecule has 0 bridgehead atoms. The van der Waals surface area contributed by atoms with Crippen LogP contribution < -0.4 is 29.8 Å². The first-order valence-corrected chi connectivity index (χ1v) is 13.4. The maximum absolute atomic E-state index is 15.2. The number of methoxy groups -OCH3 is 3. The lowest BCUT2D eigenvalue weighted by Gasteiger charge is -2.19. The zero-order valence-electron chi connectivity index (χ0n) is 24.9. The highest BCUT2D eigenvalue weighted by Crippen LogP contribution is 2.39. The Morgan fingerprint density at radius 2 is 1.47 bits per heavy atom. The number of aromatic nitrogens is 2. The van der Waals surface area contributed by atoms with Crippen molar-refractivity contribution in [3.63, 3.8) is 0 Å². The van der Waals surface area contributed by atoms with Crippen molar-refractivity contribution in [3.8, 4) is 34.4 Å². The van der Waals surface area contributed by atoms with Crippen LogP contribution in [0.5, 0.6) is 28.7 Å². The Bertz CT molecular complexity index is 2100. The summed E-state index contributed by atoms with van der Waals surface area (Å²) in [6, 6.07) is 8.81. The number of ether oxygens (including phenoxy) is 4. The molecule has 2 aromatic heterocycles. The number of halogens is 6. The van der Waals surface area contributed by atoms with Gasteiger partial charge in [-0.05, 0) is 48.9 Å². The number of benzene rings is 3. The minimum absolute atomic E-state index is 0.0436. The number of alkyl halides is 3. The third kappa shape index (κ3) is 6.23. The number of pyridine rings is 2. The van der Waals surface area contributed by atoms with E-state index < -0.39 is 57.8 Å². The van der Waals surface area contributed by atoms with Crippen LogP contribution in [0.1, 0.15) is 21.6 Å². The highest BCUT2D eigenvalue weighted by atomic mass is 19.4. The van der Waals surface area contributed by atoms with E-state index in [1.54, 1.807) is 0 Å². The van der Waals surface area contributed by atoms with Gasteiger partial charge in [0, 0.05) is 29.3 Å². The molecule has 2 heterocycles. The van der Waals surface area contributed by atoms with Crippen LogP contribution in [0.15, 0.2) is 65.6 Å². The summed E-state index contributed by atoms with van der Waals surface area (Å²) in [5.41, 5.74) is -4.05. The summed E-state index contributed by atoms with van der Waals surface area (Å²) in [4.78, 5) is 30.4. The van der Waals surface area contributed by atoms with Gasteiger partial charge in [0.1, 0.15) is 11.3 Å². The van der Waals surface area contributed by atoms with Gasteiger partial charge in [-0.1, -0.05) is 0 Å². The second-order valence-electron chi connectivity index (χ2n) is 9.90. The van der Waals surface area contributed by atoms with Crippen LogP contribution in [-0.2, 0) is 6.18 Å².